The third kappa shape index (κ3) is 5.72. The molecule has 0 aromatic heterocycles. The van der Waals surface area contributed by atoms with Gasteiger partial charge in [-0.1, -0.05) is 19.4 Å². The SMILES string of the molecule is CCC(CC)=C(CCP(=O)(O)O)C(=O)O. The van der Waals surface area contributed by atoms with E-state index >= 15 is 0 Å². The van der Waals surface area contributed by atoms with Crippen LogP contribution in [0.25, 0.3) is 0 Å². The van der Waals surface area contributed by atoms with Crippen molar-refractivity contribution < 1.29 is 24.3 Å². The Bertz CT molecular complexity index is 296. The highest BCUT2D eigenvalue weighted by atomic mass is 31.2. The summed E-state index contributed by atoms with van der Waals surface area (Å²) in [5, 5.41) is 8.89. The third-order valence-corrected chi connectivity index (χ3v) is 3.00. The number of hydrogen-bond acceptors (Lipinski definition) is 2. The molecule has 0 saturated heterocycles. The zero-order valence-electron chi connectivity index (χ0n) is 8.93. The molecule has 0 radical (unpaired) electrons. The van der Waals surface area contributed by atoms with Crippen LogP contribution < -0.4 is 0 Å². The van der Waals surface area contributed by atoms with Crippen LogP contribution in [0.1, 0.15) is 33.1 Å². The molecule has 0 aliphatic heterocycles. The van der Waals surface area contributed by atoms with E-state index in [1.54, 1.807) is 0 Å². The normalized spacial score (nSPS) is 11.2. The molecule has 0 aromatic rings. The Morgan fingerprint density at radius 2 is 1.67 bits per heavy atom. The summed E-state index contributed by atoms with van der Waals surface area (Å²) in [5.74, 6) is -1.08. The minimum atomic E-state index is -4.12. The number of aliphatic carboxylic acids is 1. The molecule has 3 N–H and O–H groups in total. The summed E-state index contributed by atoms with van der Waals surface area (Å²) >= 11 is 0. The molecule has 0 fully saturated rings. The van der Waals surface area contributed by atoms with Crippen molar-refractivity contribution in [1.29, 1.82) is 0 Å². The first-order valence-electron chi connectivity index (χ1n) is 4.80. The van der Waals surface area contributed by atoms with Crippen LogP contribution in [0, 0.1) is 0 Å². The first-order chi connectivity index (χ1) is 6.81. The maximum Gasteiger partial charge on any atom is 0.331 e. The van der Waals surface area contributed by atoms with Crippen molar-refractivity contribution in [3.63, 3.8) is 0 Å². The van der Waals surface area contributed by atoms with Gasteiger partial charge in [0.05, 0.1) is 6.16 Å². The van der Waals surface area contributed by atoms with Crippen molar-refractivity contribution in [3.8, 4) is 0 Å². The van der Waals surface area contributed by atoms with Gasteiger partial charge in [0.15, 0.2) is 0 Å². The third-order valence-electron chi connectivity index (χ3n) is 2.19. The molecule has 0 aliphatic carbocycles. The van der Waals surface area contributed by atoms with Crippen LogP contribution in [0.3, 0.4) is 0 Å². The Balaban J connectivity index is 4.77. The monoisotopic (exact) mass is 236 g/mol. The van der Waals surface area contributed by atoms with Crippen LogP contribution in [0.15, 0.2) is 11.1 Å². The van der Waals surface area contributed by atoms with E-state index in [4.69, 9.17) is 14.9 Å². The van der Waals surface area contributed by atoms with Gasteiger partial charge in [-0.05, 0) is 19.3 Å². The highest BCUT2D eigenvalue weighted by Gasteiger charge is 2.18. The van der Waals surface area contributed by atoms with Crippen molar-refractivity contribution in [2.45, 2.75) is 33.1 Å². The number of carboxylic acid groups (broad SMARTS) is 1. The smallest absolute Gasteiger partial charge is 0.331 e. The van der Waals surface area contributed by atoms with E-state index in [0.717, 1.165) is 5.57 Å². The fourth-order valence-corrected chi connectivity index (χ4v) is 1.88. The van der Waals surface area contributed by atoms with Crippen LogP contribution >= 0.6 is 7.60 Å². The lowest BCUT2D eigenvalue weighted by Gasteiger charge is -2.09. The minimum absolute atomic E-state index is 0.0728. The van der Waals surface area contributed by atoms with Gasteiger partial charge in [0.2, 0.25) is 0 Å². The lowest BCUT2D eigenvalue weighted by molar-refractivity contribution is -0.132. The summed E-state index contributed by atoms with van der Waals surface area (Å²) in [6.45, 7) is 3.67. The van der Waals surface area contributed by atoms with E-state index in [0.29, 0.717) is 12.8 Å². The van der Waals surface area contributed by atoms with E-state index in [1.807, 2.05) is 13.8 Å². The van der Waals surface area contributed by atoms with Crippen LogP contribution in [0.5, 0.6) is 0 Å². The van der Waals surface area contributed by atoms with Gasteiger partial charge in [0.1, 0.15) is 0 Å². The molecule has 0 unspecified atom stereocenters. The molecule has 0 atom stereocenters. The molecule has 5 nitrogen and oxygen atoms in total. The second-order valence-corrected chi connectivity index (χ2v) is 5.01. The molecule has 0 amide bonds. The summed E-state index contributed by atoms with van der Waals surface area (Å²) in [6, 6.07) is 0. The zero-order valence-corrected chi connectivity index (χ0v) is 9.83. The second-order valence-electron chi connectivity index (χ2n) is 3.23. The quantitative estimate of drug-likeness (QED) is 0.482. The van der Waals surface area contributed by atoms with Crippen LogP contribution in [-0.2, 0) is 9.36 Å². The minimum Gasteiger partial charge on any atom is -0.478 e. The predicted molar refractivity (Wildman–Crippen MR) is 56.8 cm³/mol. The molecule has 0 saturated carbocycles. The fourth-order valence-electron chi connectivity index (χ4n) is 1.37. The molecular formula is C9H17O5P. The summed E-state index contributed by atoms with van der Waals surface area (Å²) < 4.78 is 10.6. The van der Waals surface area contributed by atoms with Crippen LogP contribution in [-0.4, -0.2) is 27.0 Å². The van der Waals surface area contributed by atoms with Gasteiger partial charge >= 0.3 is 13.6 Å². The second kappa shape index (κ2) is 6.05. The Morgan fingerprint density at radius 1 is 1.20 bits per heavy atom. The molecular weight excluding hydrogens is 219 g/mol. The lowest BCUT2D eigenvalue weighted by atomic mass is 10.0. The fraction of sp³-hybridized carbons (Fsp3) is 0.667. The van der Waals surface area contributed by atoms with E-state index in [9.17, 15) is 9.36 Å². The first kappa shape index (κ1) is 14.4. The number of carbonyl (C=O) groups is 1. The van der Waals surface area contributed by atoms with E-state index in [2.05, 4.69) is 0 Å². The Hall–Kier alpha value is -0.640. The number of allylic oxidation sites excluding steroid dienone is 1. The average molecular weight is 236 g/mol. The predicted octanol–water partition coefficient (Wildman–Crippen LogP) is 1.76. The number of rotatable bonds is 6. The van der Waals surface area contributed by atoms with Crippen molar-refractivity contribution in [3.05, 3.63) is 11.1 Å². The zero-order chi connectivity index (χ0) is 12.1. The molecule has 88 valence electrons. The van der Waals surface area contributed by atoms with Crippen molar-refractivity contribution in [2.24, 2.45) is 0 Å². The average Bonchev–Trinajstić information content (AvgIpc) is 2.09. The summed E-state index contributed by atoms with van der Waals surface area (Å²) in [6.07, 6.45) is 0.716. The topological polar surface area (TPSA) is 94.8 Å². The van der Waals surface area contributed by atoms with Gasteiger partial charge in [-0.2, -0.15) is 0 Å². The number of carboxylic acids is 1. The van der Waals surface area contributed by atoms with Gasteiger partial charge < -0.3 is 14.9 Å². The first-order valence-corrected chi connectivity index (χ1v) is 6.60. The van der Waals surface area contributed by atoms with Gasteiger partial charge in [-0.3, -0.25) is 4.57 Å². The maximum absolute atomic E-state index is 10.9. The van der Waals surface area contributed by atoms with Gasteiger partial charge in [0.25, 0.3) is 0 Å². The molecule has 0 aromatic carbocycles. The van der Waals surface area contributed by atoms with Crippen molar-refractivity contribution in [1.82, 2.24) is 0 Å². The summed E-state index contributed by atoms with van der Waals surface area (Å²) in [5.41, 5.74) is 0.888. The van der Waals surface area contributed by atoms with Gasteiger partial charge in [-0.25, -0.2) is 4.79 Å². The van der Waals surface area contributed by atoms with E-state index in [1.165, 1.54) is 0 Å². The van der Waals surface area contributed by atoms with Crippen molar-refractivity contribution in [2.75, 3.05) is 6.16 Å². The molecule has 6 heteroatoms. The largest absolute Gasteiger partial charge is 0.478 e. The Kier molecular flexibility index (Phi) is 5.80. The van der Waals surface area contributed by atoms with Gasteiger partial charge in [0, 0.05) is 5.57 Å². The highest BCUT2D eigenvalue weighted by molar-refractivity contribution is 7.51. The highest BCUT2D eigenvalue weighted by Crippen LogP contribution is 2.36. The molecule has 0 spiro atoms. The van der Waals surface area contributed by atoms with E-state index in [-0.39, 0.29) is 12.0 Å². The van der Waals surface area contributed by atoms with Crippen LogP contribution in [0.4, 0.5) is 0 Å². The van der Waals surface area contributed by atoms with Crippen LogP contribution in [0.2, 0.25) is 0 Å². The molecule has 15 heavy (non-hydrogen) atoms. The molecule has 0 aliphatic rings. The lowest BCUT2D eigenvalue weighted by Crippen LogP contribution is -2.06. The standard InChI is InChI=1S/C9H17O5P/c1-3-7(4-2)8(9(10)11)5-6-15(12,13)14/h3-6H2,1-2H3,(H,10,11)(H2,12,13,14). The molecule has 0 bridgehead atoms. The number of hydrogen-bond donors (Lipinski definition) is 3. The summed E-state index contributed by atoms with van der Waals surface area (Å²) in [7, 11) is -4.12. The van der Waals surface area contributed by atoms with E-state index < -0.39 is 19.7 Å². The van der Waals surface area contributed by atoms with Crippen molar-refractivity contribution >= 4 is 13.6 Å². The Morgan fingerprint density at radius 3 is 1.93 bits per heavy atom. The van der Waals surface area contributed by atoms with Gasteiger partial charge in [-0.15, -0.1) is 0 Å². The Labute approximate surface area is 89.0 Å². The summed E-state index contributed by atoms with van der Waals surface area (Å²) in [4.78, 5) is 28.2. The molecule has 0 rings (SSSR count). The molecule has 0 heterocycles. The maximum atomic E-state index is 10.9.